The lowest BCUT2D eigenvalue weighted by Crippen LogP contribution is -2.33. The van der Waals surface area contributed by atoms with Crippen LogP contribution in [0.5, 0.6) is 0 Å². The van der Waals surface area contributed by atoms with E-state index in [0.717, 1.165) is 16.6 Å². The van der Waals surface area contributed by atoms with Gasteiger partial charge in [0, 0.05) is 36.9 Å². The van der Waals surface area contributed by atoms with E-state index in [0.29, 0.717) is 18.7 Å². The zero-order valence-corrected chi connectivity index (χ0v) is 12.5. The number of aryl methyl sites for hydroxylation is 2. The quantitative estimate of drug-likeness (QED) is 0.886. The maximum atomic E-state index is 12.2. The summed E-state index contributed by atoms with van der Waals surface area (Å²) in [5, 5.41) is 17.2. The summed E-state index contributed by atoms with van der Waals surface area (Å²) in [4.78, 5) is 24.7. The van der Waals surface area contributed by atoms with Crippen LogP contribution in [0.2, 0.25) is 0 Å². The molecule has 2 amide bonds. The lowest BCUT2D eigenvalue weighted by molar-refractivity contribution is -0.141. The smallest absolute Gasteiger partial charge is 0.321 e. The number of hydrogen-bond donors (Lipinski definition) is 2. The summed E-state index contributed by atoms with van der Waals surface area (Å²) in [6, 6.07) is 5.32. The van der Waals surface area contributed by atoms with E-state index in [9.17, 15) is 9.59 Å². The van der Waals surface area contributed by atoms with Crippen molar-refractivity contribution in [2.45, 2.75) is 13.3 Å². The molecule has 22 heavy (non-hydrogen) atoms. The van der Waals surface area contributed by atoms with Crippen LogP contribution in [-0.4, -0.2) is 44.9 Å². The van der Waals surface area contributed by atoms with Gasteiger partial charge in [0.1, 0.15) is 0 Å². The number of likely N-dealkylation sites (tertiary alicyclic amines) is 1. The standard InChI is InChI=1S/C15H18N4O3/c1-9-12-4-3-11(7-13(12)17-18(9)2)16-15(22)19-6-5-10(8-19)14(20)21/h3-4,7,10H,5-6,8H2,1-2H3,(H,16,22)(H,20,21). The van der Waals surface area contributed by atoms with Gasteiger partial charge in [-0.15, -0.1) is 0 Å². The second-order valence-corrected chi connectivity index (χ2v) is 5.64. The number of aliphatic carboxylic acids is 1. The van der Waals surface area contributed by atoms with E-state index >= 15 is 0 Å². The van der Waals surface area contributed by atoms with Gasteiger partial charge in [0.25, 0.3) is 0 Å². The second-order valence-electron chi connectivity index (χ2n) is 5.64. The molecule has 0 saturated carbocycles. The molecule has 2 heterocycles. The third kappa shape index (κ3) is 2.49. The Morgan fingerprint density at radius 1 is 1.41 bits per heavy atom. The van der Waals surface area contributed by atoms with Gasteiger partial charge in [-0.3, -0.25) is 9.48 Å². The maximum absolute atomic E-state index is 12.2. The molecule has 1 aromatic heterocycles. The molecule has 0 bridgehead atoms. The van der Waals surface area contributed by atoms with Crippen LogP contribution in [0.15, 0.2) is 18.2 Å². The number of amides is 2. The van der Waals surface area contributed by atoms with Crippen LogP contribution in [0.4, 0.5) is 10.5 Å². The van der Waals surface area contributed by atoms with Crippen LogP contribution >= 0.6 is 0 Å². The zero-order chi connectivity index (χ0) is 15.9. The van der Waals surface area contributed by atoms with Gasteiger partial charge in [-0.1, -0.05) is 0 Å². The summed E-state index contributed by atoms with van der Waals surface area (Å²) >= 11 is 0. The molecule has 3 rings (SSSR count). The van der Waals surface area contributed by atoms with E-state index in [1.165, 1.54) is 4.90 Å². The molecule has 1 aromatic carbocycles. The van der Waals surface area contributed by atoms with Crippen molar-refractivity contribution in [2.24, 2.45) is 13.0 Å². The van der Waals surface area contributed by atoms with E-state index in [4.69, 9.17) is 5.11 Å². The molecule has 1 unspecified atom stereocenters. The summed E-state index contributed by atoms with van der Waals surface area (Å²) in [6.07, 6.45) is 0.501. The normalized spacial score (nSPS) is 17.9. The molecule has 0 spiro atoms. The molecule has 1 saturated heterocycles. The van der Waals surface area contributed by atoms with Crippen molar-refractivity contribution in [1.29, 1.82) is 0 Å². The molecule has 7 heteroatoms. The monoisotopic (exact) mass is 302 g/mol. The third-order valence-corrected chi connectivity index (χ3v) is 4.21. The first-order valence-electron chi connectivity index (χ1n) is 7.18. The van der Waals surface area contributed by atoms with E-state index in [2.05, 4.69) is 10.4 Å². The highest BCUT2D eigenvalue weighted by Crippen LogP contribution is 2.22. The Labute approximate surface area is 127 Å². The highest BCUT2D eigenvalue weighted by Gasteiger charge is 2.30. The Kier molecular flexibility index (Phi) is 3.48. The molecule has 0 radical (unpaired) electrons. The maximum Gasteiger partial charge on any atom is 0.321 e. The molecule has 1 atom stereocenters. The molecule has 7 nitrogen and oxygen atoms in total. The van der Waals surface area contributed by atoms with Crippen molar-refractivity contribution in [3.8, 4) is 0 Å². The summed E-state index contributed by atoms with van der Waals surface area (Å²) in [5.74, 6) is -1.31. The summed E-state index contributed by atoms with van der Waals surface area (Å²) in [5.41, 5.74) is 2.55. The first-order valence-corrected chi connectivity index (χ1v) is 7.18. The number of anilines is 1. The second kappa shape index (κ2) is 5.32. The van der Waals surface area contributed by atoms with Crippen molar-refractivity contribution in [3.05, 3.63) is 23.9 Å². The van der Waals surface area contributed by atoms with E-state index in [1.54, 1.807) is 4.68 Å². The third-order valence-electron chi connectivity index (χ3n) is 4.21. The number of benzene rings is 1. The number of carbonyl (C=O) groups excluding carboxylic acids is 1. The minimum Gasteiger partial charge on any atom is -0.481 e. The van der Waals surface area contributed by atoms with Crippen LogP contribution in [0.25, 0.3) is 10.9 Å². The van der Waals surface area contributed by atoms with Crippen molar-refractivity contribution in [3.63, 3.8) is 0 Å². The largest absolute Gasteiger partial charge is 0.481 e. The molecule has 116 valence electrons. The number of nitrogens with one attached hydrogen (secondary N) is 1. The number of hydrogen-bond acceptors (Lipinski definition) is 3. The van der Waals surface area contributed by atoms with Gasteiger partial charge in [-0.05, 0) is 31.5 Å². The van der Waals surface area contributed by atoms with Gasteiger partial charge >= 0.3 is 12.0 Å². The fourth-order valence-electron chi connectivity index (χ4n) is 2.76. The fraction of sp³-hybridized carbons (Fsp3) is 0.400. The minimum absolute atomic E-state index is 0.256. The average Bonchev–Trinajstić information content (AvgIpc) is 3.05. The van der Waals surface area contributed by atoms with Crippen LogP contribution < -0.4 is 5.32 Å². The van der Waals surface area contributed by atoms with Crippen molar-refractivity contribution in [2.75, 3.05) is 18.4 Å². The Hall–Kier alpha value is -2.57. The van der Waals surface area contributed by atoms with Gasteiger partial charge in [0.05, 0.1) is 11.4 Å². The Balaban J connectivity index is 1.73. The molecular weight excluding hydrogens is 284 g/mol. The fourth-order valence-corrected chi connectivity index (χ4v) is 2.76. The van der Waals surface area contributed by atoms with Crippen molar-refractivity contribution < 1.29 is 14.7 Å². The zero-order valence-electron chi connectivity index (χ0n) is 12.5. The predicted molar refractivity (Wildman–Crippen MR) is 81.8 cm³/mol. The Morgan fingerprint density at radius 3 is 2.86 bits per heavy atom. The molecule has 2 aromatic rings. The average molecular weight is 302 g/mol. The van der Waals surface area contributed by atoms with Gasteiger partial charge in [-0.2, -0.15) is 5.10 Å². The highest BCUT2D eigenvalue weighted by molar-refractivity contribution is 5.93. The van der Waals surface area contributed by atoms with Crippen molar-refractivity contribution >= 4 is 28.6 Å². The number of fused-ring (bicyclic) bond motifs is 1. The highest BCUT2D eigenvalue weighted by atomic mass is 16.4. The van der Waals surface area contributed by atoms with Crippen LogP contribution in [0.3, 0.4) is 0 Å². The predicted octanol–water partition coefficient (Wildman–Crippen LogP) is 1.82. The molecule has 1 aliphatic rings. The van der Waals surface area contributed by atoms with Crippen LogP contribution in [-0.2, 0) is 11.8 Å². The summed E-state index contributed by atoms with van der Waals surface area (Å²) in [7, 11) is 1.88. The molecule has 1 aliphatic heterocycles. The number of nitrogens with zero attached hydrogens (tertiary/aromatic N) is 3. The van der Waals surface area contributed by atoms with Crippen LogP contribution in [0.1, 0.15) is 12.1 Å². The molecule has 0 aliphatic carbocycles. The van der Waals surface area contributed by atoms with Gasteiger partial charge in [-0.25, -0.2) is 4.79 Å². The van der Waals surface area contributed by atoms with Gasteiger partial charge in [0.2, 0.25) is 0 Å². The molecule has 1 fully saturated rings. The van der Waals surface area contributed by atoms with E-state index < -0.39 is 11.9 Å². The Bertz CT molecular complexity index is 753. The first kappa shape index (κ1) is 14.4. The summed E-state index contributed by atoms with van der Waals surface area (Å²) < 4.78 is 1.80. The topological polar surface area (TPSA) is 87.5 Å². The Morgan fingerprint density at radius 2 is 2.18 bits per heavy atom. The van der Waals surface area contributed by atoms with E-state index in [-0.39, 0.29) is 12.6 Å². The number of carboxylic acid groups (broad SMARTS) is 1. The first-order chi connectivity index (χ1) is 10.5. The van der Waals surface area contributed by atoms with Gasteiger partial charge < -0.3 is 15.3 Å². The van der Waals surface area contributed by atoms with Crippen LogP contribution in [0, 0.1) is 12.8 Å². The number of carboxylic acids is 1. The lowest BCUT2D eigenvalue weighted by Gasteiger charge is -2.16. The number of aromatic nitrogens is 2. The van der Waals surface area contributed by atoms with Crippen molar-refractivity contribution in [1.82, 2.24) is 14.7 Å². The molecule has 2 N–H and O–H groups in total. The van der Waals surface area contributed by atoms with Gasteiger partial charge in [0.15, 0.2) is 0 Å². The number of carbonyl (C=O) groups is 2. The molecular formula is C15H18N4O3. The number of urea groups is 1. The SMILES string of the molecule is Cc1c2ccc(NC(=O)N3CCC(C(=O)O)C3)cc2nn1C. The van der Waals surface area contributed by atoms with E-state index in [1.807, 2.05) is 32.2 Å². The number of rotatable bonds is 2. The minimum atomic E-state index is -0.847. The lowest BCUT2D eigenvalue weighted by atomic mass is 10.1. The summed E-state index contributed by atoms with van der Waals surface area (Å²) in [6.45, 7) is 2.71.